The first kappa shape index (κ1) is 32.1. The molecule has 53 heavy (non-hydrogen) atoms. The summed E-state index contributed by atoms with van der Waals surface area (Å²) in [5, 5.41) is 0. The summed E-state index contributed by atoms with van der Waals surface area (Å²) in [6, 6.07) is 22.5. The third-order valence-electron chi connectivity index (χ3n) is 11.5. The summed E-state index contributed by atoms with van der Waals surface area (Å²) in [6.45, 7) is 5.98. The van der Waals surface area contributed by atoms with Gasteiger partial charge in [-0.1, -0.05) is 48.2 Å². The Morgan fingerprint density at radius 2 is 1.47 bits per heavy atom. The Morgan fingerprint density at radius 3 is 2.21 bits per heavy atom. The van der Waals surface area contributed by atoms with Crippen molar-refractivity contribution in [3.05, 3.63) is 106 Å². The molecule has 10 nitrogen and oxygen atoms in total. The summed E-state index contributed by atoms with van der Waals surface area (Å²) in [4.78, 5) is 47.3. The second-order valence-electron chi connectivity index (χ2n) is 16.4. The average Bonchev–Trinajstić information content (AvgIpc) is 3.79. The lowest BCUT2D eigenvalue weighted by Crippen LogP contribution is -2.38. The summed E-state index contributed by atoms with van der Waals surface area (Å²) in [5.41, 5.74) is 8.51. The molecule has 2 N–H and O–H groups in total. The summed E-state index contributed by atoms with van der Waals surface area (Å²) < 4.78 is 11.5. The molecular weight excluding hydrogens is 665 g/mol. The molecule has 0 spiro atoms. The number of carbonyl (C=O) groups excluding carboxylic acids is 2. The van der Waals surface area contributed by atoms with Crippen LogP contribution in [0.2, 0.25) is 0 Å². The number of hydrogen-bond donors (Lipinski definition) is 2. The predicted octanol–water partition coefficient (Wildman–Crippen LogP) is 7.99. The van der Waals surface area contributed by atoms with Crippen molar-refractivity contribution in [2.75, 3.05) is 0 Å². The van der Waals surface area contributed by atoms with E-state index >= 15 is 0 Å². The van der Waals surface area contributed by atoms with E-state index in [0.29, 0.717) is 11.8 Å². The SMILES string of the molecule is CC(C)(C)OC(=O)N1[C@@H]2C[C@@H]2C[C@H]1c1nc2ccc(C#Cc3ccc4c(c3)CCc3[nH]c([C@@H]5C[C@H]6C[C@H]6N5C(=O)OCc5ccccc5)nc3-4)cc2[nH]1. The molecule has 10 rings (SSSR count). The molecule has 2 aliphatic heterocycles. The lowest BCUT2D eigenvalue weighted by molar-refractivity contribution is 0.0175. The van der Waals surface area contributed by atoms with E-state index < -0.39 is 5.60 Å². The van der Waals surface area contributed by atoms with Gasteiger partial charge in [-0.25, -0.2) is 19.6 Å². The number of aryl methyl sites for hydroxylation is 2. The number of nitrogens with zero attached hydrogens (tertiary/aromatic N) is 4. The number of ether oxygens (including phenoxy) is 2. The normalized spacial score (nSPS) is 24.8. The zero-order chi connectivity index (χ0) is 36.0. The zero-order valence-corrected chi connectivity index (χ0v) is 30.2. The van der Waals surface area contributed by atoms with E-state index in [-0.39, 0.29) is 43.0 Å². The quantitative estimate of drug-likeness (QED) is 0.183. The molecule has 0 radical (unpaired) electrons. The van der Waals surface area contributed by atoms with Crippen molar-refractivity contribution in [3.8, 4) is 23.1 Å². The second kappa shape index (κ2) is 12.0. The third kappa shape index (κ3) is 5.92. The number of benzene rings is 3. The lowest BCUT2D eigenvalue weighted by Gasteiger charge is -2.29. The topological polar surface area (TPSA) is 116 Å². The molecule has 10 heteroatoms. The van der Waals surface area contributed by atoms with Crippen LogP contribution in [0, 0.1) is 23.7 Å². The third-order valence-corrected chi connectivity index (χ3v) is 11.5. The van der Waals surface area contributed by atoms with Crippen LogP contribution in [-0.4, -0.2) is 59.6 Å². The predicted molar refractivity (Wildman–Crippen MR) is 199 cm³/mol. The van der Waals surface area contributed by atoms with E-state index in [0.717, 1.165) is 94.8 Å². The minimum absolute atomic E-state index is 0.0998. The first-order chi connectivity index (χ1) is 25.6. The fraction of sp³-hybridized carbons (Fsp3) is 0.395. The zero-order valence-electron chi connectivity index (χ0n) is 30.2. The fourth-order valence-electron chi connectivity index (χ4n) is 8.80. The van der Waals surface area contributed by atoms with E-state index in [9.17, 15) is 9.59 Å². The van der Waals surface area contributed by atoms with Gasteiger partial charge >= 0.3 is 12.2 Å². The number of carbonyl (C=O) groups is 2. The van der Waals surface area contributed by atoms with E-state index in [1.807, 2.05) is 79.1 Å². The lowest BCUT2D eigenvalue weighted by atomic mass is 9.91. The van der Waals surface area contributed by atoms with Gasteiger partial charge in [0.15, 0.2) is 0 Å². The largest absolute Gasteiger partial charge is 0.445 e. The maximum absolute atomic E-state index is 13.3. The Morgan fingerprint density at radius 1 is 0.792 bits per heavy atom. The first-order valence-electron chi connectivity index (χ1n) is 18.9. The summed E-state index contributed by atoms with van der Waals surface area (Å²) in [5.74, 6) is 9.43. The number of nitrogens with one attached hydrogen (secondary N) is 2. The van der Waals surface area contributed by atoms with Gasteiger partial charge in [0.25, 0.3) is 0 Å². The van der Waals surface area contributed by atoms with Gasteiger partial charge in [-0.3, -0.25) is 9.80 Å². The molecule has 5 aromatic rings. The number of amides is 2. The molecule has 0 bridgehead atoms. The standard InChI is InChI=1S/C43H42N6O4/c1-43(2,3)53-42(51)49-35-20-29(35)21-36(49)39-44-31-15-12-25(18-33(31)46-39)10-9-24-11-14-30-27(17-24)13-16-32-38(30)47-40(45-32)37-22-28-19-34(28)48(37)41(50)52-23-26-7-5-4-6-8-26/h4-8,11-12,14-15,17-18,28-29,34-37H,13,16,19-23H2,1-3H3,(H,44,46)(H,45,47)/t28-,29-,34-,35-,36+,37+/m1/s1. The molecule has 0 unspecified atom stereocenters. The summed E-state index contributed by atoms with van der Waals surface area (Å²) in [7, 11) is 0. The van der Waals surface area contributed by atoms with E-state index in [1.165, 1.54) is 5.56 Å². The van der Waals surface area contributed by atoms with Crippen LogP contribution in [0.3, 0.4) is 0 Å². The molecule has 268 valence electrons. The van der Waals surface area contributed by atoms with Crippen LogP contribution in [-0.2, 0) is 28.9 Å². The van der Waals surface area contributed by atoms with Crippen LogP contribution in [0.5, 0.6) is 0 Å². The van der Waals surface area contributed by atoms with Crippen LogP contribution >= 0.6 is 0 Å². The number of rotatable bonds is 4. The first-order valence-corrected chi connectivity index (χ1v) is 18.9. The van der Waals surface area contributed by atoms with Gasteiger partial charge in [-0.15, -0.1) is 0 Å². The number of hydrogen-bond acceptors (Lipinski definition) is 6. The summed E-state index contributed by atoms with van der Waals surface area (Å²) in [6.07, 6.45) is 5.12. The Bertz CT molecular complexity index is 2340. The van der Waals surface area contributed by atoms with Crippen LogP contribution in [0.4, 0.5) is 9.59 Å². The molecule has 3 aromatic carbocycles. The molecule has 3 aliphatic carbocycles. The Hall–Kier alpha value is -5.56. The van der Waals surface area contributed by atoms with Gasteiger partial charge in [0.05, 0.1) is 28.8 Å². The van der Waals surface area contributed by atoms with Gasteiger partial charge in [-0.2, -0.15) is 0 Å². The van der Waals surface area contributed by atoms with Crippen molar-refractivity contribution in [3.63, 3.8) is 0 Å². The van der Waals surface area contributed by atoms with Crippen LogP contribution in [0.15, 0.2) is 66.7 Å². The number of piperidine rings is 2. The number of imidazole rings is 2. The number of aromatic nitrogens is 4. The molecule has 5 aliphatic rings. The van der Waals surface area contributed by atoms with Gasteiger partial charge in [0.1, 0.15) is 23.9 Å². The van der Waals surface area contributed by atoms with E-state index in [1.54, 1.807) is 0 Å². The highest BCUT2D eigenvalue weighted by molar-refractivity contribution is 5.78. The second-order valence-corrected chi connectivity index (χ2v) is 16.4. The number of fused-ring (bicyclic) bond motifs is 6. The molecule has 6 atom stereocenters. The smallest absolute Gasteiger partial charge is 0.411 e. The van der Waals surface area contributed by atoms with Crippen molar-refractivity contribution in [2.24, 2.45) is 11.8 Å². The van der Waals surface area contributed by atoms with Crippen LogP contribution < -0.4 is 0 Å². The minimum Gasteiger partial charge on any atom is -0.445 e. The van der Waals surface area contributed by atoms with Crippen molar-refractivity contribution in [1.29, 1.82) is 0 Å². The van der Waals surface area contributed by atoms with Crippen LogP contribution in [0.25, 0.3) is 22.3 Å². The Kier molecular flexibility index (Phi) is 7.26. The van der Waals surface area contributed by atoms with Crippen molar-refractivity contribution < 1.29 is 19.1 Å². The Labute approximate surface area is 308 Å². The molecule has 2 aromatic heterocycles. The highest BCUT2D eigenvalue weighted by Gasteiger charge is 2.57. The van der Waals surface area contributed by atoms with Gasteiger partial charge in [-0.05, 0) is 113 Å². The van der Waals surface area contributed by atoms with E-state index in [2.05, 4.69) is 40.0 Å². The maximum atomic E-state index is 13.3. The molecule has 2 amide bonds. The molecule has 2 saturated heterocycles. The van der Waals surface area contributed by atoms with Crippen molar-refractivity contribution >= 4 is 23.2 Å². The van der Waals surface area contributed by atoms with Crippen molar-refractivity contribution in [2.45, 2.75) is 95.7 Å². The Balaban J connectivity index is 0.847. The highest BCUT2D eigenvalue weighted by Crippen LogP contribution is 2.54. The molecule has 4 fully saturated rings. The van der Waals surface area contributed by atoms with Gasteiger partial charge in [0, 0.05) is 34.5 Å². The minimum atomic E-state index is -0.543. The average molecular weight is 707 g/mol. The molecule has 4 heterocycles. The van der Waals surface area contributed by atoms with E-state index in [4.69, 9.17) is 19.4 Å². The summed E-state index contributed by atoms with van der Waals surface area (Å²) >= 11 is 0. The van der Waals surface area contributed by atoms with Crippen LogP contribution in [0.1, 0.15) is 98.1 Å². The maximum Gasteiger partial charge on any atom is 0.411 e. The number of H-pyrrole nitrogens is 2. The monoisotopic (exact) mass is 706 g/mol. The molecule has 2 saturated carbocycles. The van der Waals surface area contributed by atoms with Crippen molar-refractivity contribution in [1.82, 2.24) is 29.7 Å². The number of aromatic amines is 2. The highest BCUT2D eigenvalue weighted by atomic mass is 16.6. The number of likely N-dealkylation sites (tertiary alicyclic amines) is 2. The van der Waals surface area contributed by atoms with Gasteiger partial charge < -0.3 is 19.4 Å². The molecular formula is C43H42N6O4. The van der Waals surface area contributed by atoms with Gasteiger partial charge in [0.2, 0.25) is 0 Å². The fourth-order valence-corrected chi connectivity index (χ4v) is 8.80.